The quantitative estimate of drug-likeness (QED) is 0.0286. The summed E-state index contributed by atoms with van der Waals surface area (Å²) in [5.41, 5.74) is 14.7. The highest BCUT2D eigenvalue weighted by Crippen LogP contribution is 2.42. The van der Waals surface area contributed by atoms with Crippen molar-refractivity contribution in [2.45, 2.75) is 151 Å². The number of nitrogens with one attached hydrogen (secondary N) is 10. The topological polar surface area (TPSA) is 454 Å². The molecular weight excluding hydrogens is 1080 g/mol. The van der Waals surface area contributed by atoms with Gasteiger partial charge in [0.2, 0.25) is 53.2 Å². The molecule has 0 spiro atoms. The number of fused-ring (bicyclic) bond motifs is 3. The van der Waals surface area contributed by atoms with E-state index in [4.69, 9.17) is 11.3 Å². The predicted molar refractivity (Wildman–Crippen MR) is 291 cm³/mol. The molecule has 444 valence electrons. The summed E-state index contributed by atoms with van der Waals surface area (Å²) in [6.45, 7) is 3.24. The molecule has 81 heavy (non-hydrogen) atoms. The van der Waals surface area contributed by atoms with Gasteiger partial charge in [-0.15, -0.1) is 11.8 Å². The van der Waals surface area contributed by atoms with Crippen LogP contribution in [0.25, 0.3) is 21.3 Å². The molecule has 1 aromatic heterocycles. The van der Waals surface area contributed by atoms with E-state index >= 15 is 4.79 Å². The summed E-state index contributed by atoms with van der Waals surface area (Å²) in [4.78, 5) is 147. The van der Waals surface area contributed by atoms with Crippen LogP contribution in [0.5, 0.6) is 5.75 Å². The number of aliphatic hydroxyl groups excluding tert-OH is 3. The molecule has 2 aromatic rings. The lowest BCUT2D eigenvalue weighted by molar-refractivity contribution is -0.135. The molecule has 0 saturated carbocycles. The first kappa shape index (κ1) is 63.1. The number of Topliss-reactive ketones (excluding diaryl/α,β-unsaturated/α-hetero) is 1. The van der Waals surface area contributed by atoms with Crippen LogP contribution >= 0.6 is 11.8 Å². The second-order valence-electron chi connectivity index (χ2n) is 21.0. The number of hydrogen-bond donors (Lipinski definition) is 15. The molecular formula is C51H75N15O14S. The van der Waals surface area contributed by atoms with Gasteiger partial charge in [-0.3, -0.25) is 52.8 Å². The van der Waals surface area contributed by atoms with Crippen molar-refractivity contribution in [1.82, 2.24) is 57.7 Å². The first-order chi connectivity index (χ1) is 38.6. The Hall–Kier alpha value is -7.08. The van der Waals surface area contributed by atoms with Crippen LogP contribution in [0.1, 0.15) is 95.7 Å². The summed E-state index contributed by atoms with van der Waals surface area (Å²) in [6.07, 6.45) is -0.539. The molecule has 6 rings (SSSR count). The number of phenols is 1. The highest BCUT2D eigenvalue weighted by atomic mass is 32.2. The van der Waals surface area contributed by atoms with Crippen molar-refractivity contribution >= 4 is 81.6 Å². The summed E-state index contributed by atoms with van der Waals surface area (Å²) >= 11 is 0.956. The lowest BCUT2D eigenvalue weighted by Crippen LogP contribution is -2.60. The van der Waals surface area contributed by atoms with Crippen molar-refractivity contribution < 1.29 is 68.4 Å². The SMILES string of the molecule is CC[C@H](C)[C@@H]1NC(=O)CNC(=O)[C@H](NC(=O)[C@@H](NC(=O)[C@@H]2C[C@@H](O)CN2)[C@@H](C)[C@@H](O)CO)Cc2c3[nH]c4c(c(O)ccc24)C(N2CCC(NC(=O)CCCCCN=[N+]=[N-])CC2)C(=O)[C@H](CC(N)=O)NC(=O)[C@H](CS3)NC(=O)CNC1=O. The fourth-order valence-corrected chi connectivity index (χ4v) is 11.5. The lowest BCUT2D eigenvalue weighted by atomic mass is 9.89. The Kier molecular flexibility index (Phi) is 23.0. The molecule has 29 nitrogen and oxygen atoms in total. The molecule has 30 heteroatoms. The lowest BCUT2D eigenvalue weighted by Gasteiger charge is -2.39. The number of thioether (sulfide) groups is 1. The van der Waals surface area contributed by atoms with Crippen LogP contribution in [0, 0.1) is 11.8 Å². The molecule has 1 aromatic carbocycles. The van der Waals surface area contributed by atoms with Gasteiger partial charge in [0.1, 0.15) is 36.0 Å². The number of ketones is 1. The second-order valence-corrected chi connectivity index (χ2v) is 22.1. The number of hydrogen-bond acceptors (Lipinski definition) is 18. The number of aliphatic hydroxyl groups is 3. The molecule has 11 atom stereocenters. The van der Waals surface area contributed by atoms with E-state index in [1.165, 1.54) is 19.1 Å². The van der Waals surface area contributed by atoms with Gasteiger partial charge in [-0.1, -0.05) is 38.7 Å². The molecule has 0 radical (unpaired) electrons. The summed E-state index contributed by atoms with van der Waals surface area (Å²) < 4.78 is 0. The number of azide groups is 1. The standard InChI is InChI=1S/C51H75N15O14S/c1-4-24(2)41-49(79)56-20-38(73)59-33-23-81-51-29(17-32(46(76)55-21-39(74)62-41)61-50(80)42(25(3)35(70)22-67)63-47(77)31-16-27(68)19-54-31)28-9-10-34(69)40(43(28)64-51)44(45(75)30(18-36(52)71)60-48(33)78)66-14-11-26(12-15-66)58-37(72)8-6-5-7-13-57-65-53/h9-10,24-27,30-33,35,41-42,44,54,64,67-70H,4-8,11-23H2,1-3H3,(H2,52,71)(H,55,76)(H,56,79)(H,58,72)(H,59,73)(H,60,78)(H,61,80)(H,62,74)(H,63,77)/t24-,25-,27+,30-,31-,32+,33-,35-,41-,42-,44?/m0/s1. The van der Waals surface area contributed by atoms with Crippen LogP contribution in [-0.4, -0.2) is 195 Å². The number of phenolic OH excluding ortho intramolecular Hbond substituents is 1. The van der Waals surface area contributed by atoms with Gasteiger partial charge in [0.15, 0.2) is 5.78 Å². The number of rotatable bonds is 19. The zero-order valence-corrected chi connectivity index (χ0v) is 46.3. The van der Waals surface area contributed by atoms with Gasteiger partial charge in [0, 0.05) is 72.6 Å². The van der Waals surface area contributed by atoms with Crippen LogP contribution in [0.15, 0.2) is 22.3 Å². The maximum Gasteiger partial charge on any atom is 0.244 e. The number of carbonyl (C=O) groups is 10. The second kappa shape index (κ2) is 29.6. The number of β-amino-alcohol motifs (C(OH)–C–C–N with tert-alkyl or cyclic N) is 1. The van der Waals surface area contributed by atoms with Gasteiger partial charge in [0.05, 0.1) is 61.0 Å². The summed E-state index contributed by atoms with van der Waals surface area (Å²) in [5.74, 6) is -10.5. The fourth-order valence-electron chi connectivity index (χ4n) is 10.4. The Bertz CT molecular complexity index is 2720. The molecule has 16 N–H and O–H groups in total. The Morgan fingerprint density at radius 2 is 1.65 bits per heavy atom. The van der Waals surface area contributed by atoms with Crippen molar-refractivity contribution in [1.29, 1.82) is 0 Å². The first-order valence-electron chi connectivity index (χ1n) is 27.2. The van der Waals surface area contributed by atoms with Crippen LogP contribution in [0.4, 0.5) is 0 Å². The molecule has 4 aliphatic rings. The molecule has 2 fully saturated rings. The van der Waals surface area contributed by atoms with E-state index in [-0.39, 0.29) is 77.2 Å². The number of aromatic amines is 1. The van der Waals surface area contributed by atoms with Crippen LogP contribution in [0.3, 0.4) is 0 Å². The van der Waals surface area contributed by atoms with Gasteiger partial charge < -0.3 is 79.0 Å². The minimum Gasteiger partial charge on any atom is -0.508 e. The van der Waals surface area contributed by atoms with E-state index in [1.54, 1.807) is 18.7 Å². The number of amides is 9. The fraction of sp³-hybridized carbons (Fsp3) is 0.647. The number of carbonyl (C=O) groups excluding carboxylic acids is 10. The molecule has 2 saturated heterocycles. The van der Waals surface area contributed by atoms with E-state index in [1.807, 2.05) is 0 Å². The maximum atomic E-state index is 15.4. The van der Waals surface area contributed by atoms with Gasteiger partial charge in [-0.25, -0.2) is 0 Å². The number of benzene rings is 1. The number of nitrogens with two attached hydrogens (primary N) is 1. The van der Waals surface area contributed by atoms with Crippen molar-refractivity contribution in [2.75, 3.05) is 51.6 Å². The summed E-state index contributed by atoms with van der Waals surface area (Å²) in [5, 5.41) is 70.9. The van der Waals surface area contributed by atoms with Gasteiger partial charge in [0.25, 0.3) is 0 Å². The third kappa shape index (κ3) is 16.8. The molecule has 4 aliphatic heterocycles. The number of nitrogens with zero attached hydrogens (tertiary/aromatic N) is 4. The summed E-state index contributed by atoms with van der Waals surface area (Å²) in [6, 6.07) is -7.61. The maximum absolute atomic E-state index is 15.4. The number of aromatic nitrogens is 1. The third-order valence-electron chi connectivity index (χ3n) is 15.2. The van der Waals surface area contributed by atoms with E-state index < -0.39 is 158 Å². The van der Waals surface area contributed by atoms with Crippen molar-refractivity contribution in [2.24, 2.45) is 22.7 Å². The van der Waals surface area contributed by atoms with Gasteiger partial charge >= 0.3 is 0 Å². The molecule has 9 amide bonds. The monoisotopic (exact) mass is 1150 g/mol. The largest absolute Gasteiger partial charge is 0.508 e. The Balaban J connectivity index is 1.47. The number of likely N-dealkylation sites (tertiary alicyclic amines) is 1. The zero-order valence-electron chi connectivity index (χ0n) is 45.5. The first-order valence-corrected chi connectivity index (χ1v) is 28.2. The predicted octanol–water partition coefficient (Wildman–Crippen LogP) is -3.11. The number of unbranched alkanes of at least 4 members (excludes halogenated alkanes) is 2. The average Bonchev–Trinajstić information content (AvgIpc) is 3.43. The smallest absolute Gasteiger partial charge is 0.244 e. The van der Waals surface area contributed by atoms with Crippen LogP contribution in [-0.2, 0) is 54.4 Å². The van der Waals surface area contributed by atoms with Gasteiger partial charge in [-0.2, -0.15) is 0 Å². The zero-order chi connectivity index (χ0) is 59.1. The molecule has 3 bridgehead atoms. The minimum absolute atomic E-state index is 0.00472. The van der Waals surface area contributed by atoms with E-state index in [9.17, 15) is 63.6 Å². The average molecular weight is 1150 g/mol. The highest BCUT2D eigenvalue weighted by Gasteiger charge is 2.43. The molecule has 5 heterocycles. The van der Waals surface area contributed by atoms with Crippen molar-refractivity contribution in [3.05, 3.63) is 33.7 Å². The van der Waals surface area contributed by atoms with Crippen LogP contribution < -0.4 is 53.6 Å². The number of primary amides is 1. The highest BCUT2D eigenvalue weighted by molar-refractivity contribution is 7.99. The van der Waals surface area contributed by atoms with E-state index in [2.05, 4.69) is 62.9 Å². The Labute approximate surface area is 470 Å². The number of H-pyrrole nitrogens is 1. The normalized spacial score (nSPS) is 25.2. The van der Waals surface area contributed by atoms with E-state index in [0.717, 1.165) is 11.8 Å². The minimum atomic E-state index is -1.67. The van der Waals surface area contributed by atoms with Crippen LogP contribution in [0.2, 0.25) is 0 Å². The van der Waals surface area contributed by atoms with Crippen molar-refractivity contribution in [3.8, 4) is 5.75 Å². The Morgan fingerprint density at radius 1 is 0.951 bits per heavy atom. The summed E-state index contributed by atoms with van der Waals surface area (Å²) in [7, 11) is 0. The third-order valence-corrected chi connectivity index (χ3v) is 16.4. The molecule has 1 unspecified atom stereocenters. The Morgan fingerprint density at radius 3 is 2.31 bits per heavy atom. The number of piperidine rings is 1. The van der Waals surface area contributed by atoms with Gasteiger partial charge in [-0.05, 0) is 61.2 Å². The molecule has 0 aliphatic carbocycles. The van der Waals surface area contributed by atoms with Crippen molar-refractivity contribution in [3.63, 3.8) is 0 Å². The number of aromatic hydroxyl groups is 1. The van der Waals surface area contributed by atoms with E-state index in [0.29, 0.717) is 45.1 Å².